The second-order valence-corrected chi connectivity index (χ2v) is 12.0. The maximum Gasteiger partial charge on any atom is 0.269 e. The van der Waals surface area contributed by atoms with Crippen LogP contribution in [0.2, 0.25) is 0 Å². The number of nitrogens with one attached hydrogen (secondary N) is 3. The van der Waals surface area contributed by atoms with Crippen molar-refractivity contribution in [3.05, 3.63) is 85.1 Å². The molecule has 0 aliphatic rings. The van der Waals surface area contributed by atoms with Gasteiger partial charge in [-0.2, -0.15) is 0 Å². The van der Waals surface area contributed by atoms with Gasteiger partial charge in [-0.05, 0) is 137 Å². The van der Waals surface area contributed by atoms with Crippen molar-refractivity contribution in [2.75, 3.05) is 13.1 Å². The summed E-state index contributed by atoms with van der Waals surface area (Å²) in [5.41, 5.74) is 19.5. The number of carbonyl (C=O) groups is 2. The van der Waals surface area contributed by atoms with Crippen molar-refractivity contribution >= 4 is 36.6 Å². The van der Waals surface area contributed by atoms with Crippen LogP contribution in [-0.2, 0) is 35.3 Å². The summed E-state index contributed by atoms with van der Waals surface area (Å²) in [6.45, 7) is 10.2. The topological polar surface area (TPSA) is 196 Å². The van der Waals surface area contributed by atoms with Gasteiger partial charge in [0.2, 0.25) is 11.8 Å². The Kier molecular flexibility index (Phi) is 16.9. The molecule has 260 valence electrons. The molecule has 47 heavy (non-hydrogen) atoms. The minimum absolute atomic E-state index is 0. The maximum atomic E-state index is 12.7. The molecule has 0 saturated heterocycles. The number of aromatic amines is 1. The number of rotatable bonds is 15. The van der Waals surface area contributed by atoms with E-state index in [-0.39, 0.29) is 53.7 Å². The van der Waals surface area contributed by atoms with E-state index >= 15 is 0 Å². The van der Waals surface area contributed by atoms with Crippen LogP contribution < -0.4 is 27.7 Å². The van der Waals surface area contributed by atoms with E-state index in [1.165, 1.54) is 0 Å². The highest BCUT2D eigenvalue weighted by Crippen LogP contribution is 2.23. The number of benzene rings is 2. The third kappa shape index (κ3) is 12.2. The van der Waals surface area contributed by atoms with Crippen molar-refractivity contribution in [2.45, 2.75) is 91.6 Å². The van der Waals surface area contributed by atoms with Gasteiger partial charge in [-0.3, -0.25) is 19.4 Å². The minimum atomic E-state index is -0.723. The lowest BCUT2D eigenvalue weighted by molar-refractivity contribution is -0.123. The molecule has 2 amide bonds. The molecule has 2 unspecified atom stereocenters. The monoisotopic (exact) mass is 692 g/mol. The first-order valence-electron chi connectivity index (χ1n) is 15.5. The molecule has 11 nitrogen and oxygen atoms in total. The van der Waals surface area contributed by atoms with Crippen LogP contribution in [-0.4, -0.2) is 57.2 Å². The summed E-state index contributed by atoms with van der Waals surface area (Å²) in [6, 6.07) is 5.24. The molecule has 1 aromatic heterocycles. The zero-order valence-electron chi connectivity index (χ0n) is 27.9. The third-order valence-electron chi connectivity index (χ3n) is 8.19. The number of unbranched alkanes of at least 4 members (excludes halogenated alkanes) is 1. The number of H-pyrrole nitrogens is 1. The van der Waals surface area contributed by atoms with Gasteiger partial charge in [0.1, 0.15) is 17.2 Å². The fourth-order valence-electron chi connectivity index (χ4n) is 5.61. The second-order valence-electron chi connectivity index (χ2n) is 12.0. The second kappa shape index (κ2) is 19.2. The van der Waals surface area contributed by atoms with Crippen LogP contribution in [0.4, 0.5) is 0 Å². The molecule has 3 rings (SSSR count). The molecule has 13 heteroatoms. The molecule has 3 aromatic rings. The number of aryl methyl sites for hydroxylation is 7. The minimum Gasteiger partial charge on any atom is -0.508 e. The lowest BCUT2D eigenvalue weighted by Gasteiger charge is -2.16. The van der Waals surface area contributed by atoms with Gasteiger partial charge in [-0.25, -0.2) is 0 Å². The molecule has 1 heterocycles. The largest absolute Gasteiger partial charge is 0.508 e. The first-order chi connectivity index (χ1) is 21.3. The number of amides is 2. The SMILES string of the molecule is Cc1cc(O)cc(C)c1CC(N)C(=O)NCCCCc1[nH]c(=O)c(CCCNC(=O)C(N)Cc2c(C)cc(O)cc2C)nc1C.Cl.Cl. The zero-order chi connectivity index (χ0) is 33.3. The first kappa shape index (κ1) is 41.4. The summed E-state index contributed by atoms with van der Waals surface area (Å²) in [4.78, 5) is 45.2. The molecule has 2 atom stereocenters. The average molecular weight is 694 g/mol. The van der Waals surface area contributed by atoms with Gasteiger partial charge >= 0.3 is 0 Å². The Morgan fingerprint density at radius 1 is 0.745 bits per heavy atom. The van der Waals surface area contributed by atoms with E-state index in [0.29, 0.717) is 57.3 Å². The van der Waals surface area contributed by atoms with E-state index < -0.39 is 12.1 Å². The average Bonchev–Trinajstić information content (AvgIpc) is 2.96. The molecule has 0 saturated carbocycles. The number of phenolic OH excluding ortho intramolecular Hbond substituents is 2. The quantitative estimate of drug-likeness (QED) is 0.118. The Morgan fingerprint density at radius 3 is 1.62 bits per heavy atom. The number of carbonyl (C=O) groups excluding carboxylic acids is 2. The number of aromatic nitrogens is 2. The maximum absolute atomic E-state index is 12.7. The molecule has 0 bridgehead atoms. The predicted octanol–water partition coefficient (Wildman–Crippen LogP) is 3.19. The Labute approximate surface area is 289 Å². The molecule has 0 spiro atoms. The summed E-state index contributed by atoms with van der Waals surface area (Å²) in [5, 5.41) is 25.2. The van der Waals surface area contributed by atoms with Crippen molar-refractivity contribution in [3.63, 3.8) is 0 Å². The number of hydrogen-bond donors (Lipinski definition) is 7. The third-order valence-corrected chi connectivity index (χ3v) is 8.19. The molecule has 9 N–H and O–H groups in total. The van der Waals surface area contributed by atoms with Crippen LogP contribution in [0.3, 0.4) is 0 Å². The highest BCUT2D eigenvalue weighted by atomic mass is 35.5. The van der Waals surface area contributed by atoms with Crippen LogP contribution in [0.25, 0.3) is 0 Å². The van der Waals surface area contributed by atoms with Crippen LogP contribution in [0, 0.1) is 34.6 Å². The Bertz CT molecular complexity index is 1530. The van der Waals surface area contributed by atoms with Gasteiger partial charge in [-0.15, -0.1) is 24.8 Å². The number of hydrogen-bond acceptors (Lipinski definition) is 8. The van der Waals surface area contributed by atoms with Crippen molar-refractivity contribution < 1.29 is 19.8 Å². The number of nitrogens with zero attached hydrogens (tertiary/aromatic N) is 1. The van der Waals surface area contributed by atoms with Crippen molar-refractivity contribution in [1.29, 1.82) is 0 Å². The van der Waals surface area contributed by atoms with Gasteiger partial charge in [-0.1, -0.05) is 0 Å². The van der Waals surface area contributed by atoms with Crippen molar-refractivity contribution in [3.8, 4) is 11.5 Å². The van der Waals surface area contributed by atoms with Crippen molar-refractivity contribution in [1.82, 2.24) is 20.6 Å². The van der Waals surface area contributed by atoms with Crippen LogP contribution in [0.1, 0.15) is 69.7 Å². The lowest BCUT2D eigenvalue weighted by atomic mass is 9.96. The normalized spacial score (nSPS) is 12.0. The van der Waals surface area contributed by atoms with E-state index in [2.05, 4.69) is 20.6 Å². The smallest absolute Gasteiger partial charge is 0.269 e. The van der Waals surface area contributed by atoms with E-state index in [1.807, 2.05) is 34.6 Å². The fraction of sp³-hybridized carbons (Fsp3) is 0.471. The number of aromatic hydroxyl groups is 2. The van der Waals surface area contributed by atoms with Crippen LogP contribution >= 0.6 is 24.8 Å². The summed E-state index contributed by atoms with van der Waals surface area (Å²) < 4.78 is 0. The number of phenols is 2. The van der Waals surface area contributed by atoms with Gasteiger partial charge in [0, 0.05) is 18.8 Å². The van der Waals surface area contributed by atoms with Crippen LogP contribution in [0.5, 0.6) is 11.5 Å². The summed E-state index contributed by atoms with van der Waals surface area (Å²) in [6.07, 6.45) is 3.80. The standard InChI is InChI=1S/C34H48N6O5.2ClH/c1-19-13-24(41)14-20(2)26(19)17-28(35)32(43)37-11-7-6-9-30-23(5)39-31(34(45)40-30)10-8-12-38-33(44)29(36)18-27-21(3)15-25(42)16-22(27)4;;/h13-16,28-29,41-42H,6-12,17-18,35-36H2,1-5H3,(H,37,43)(H,38,44)(H,40,45);2*1H. The highest BCUT2D eigenvalue weighted by molar-refractivity contribution is 5.85. The van der Waals surface area contributed by atoms with E-state index in [4.69, 9.17) is 11.5 Å². The Balaban J connectivity index is 0.00000552. The first-order valence-corrected chi connectivity index (χ1v) is 15.5. The molecule has 0 aliphatic carbocycles. The zero-order valence-corrected chi connectivity index (χ0v) is 29.5. The molecule has 0 radical (unpaired) electrons. The lowest BCUT2D eigenvalue weighted by Crippen LogP contribution is -2.42. The Morgan fingerprint density at radius 2 is 1.17 bits per heavy atom. The van der Waals surface area contributed by atoms with Crippen molar-refractivity contribution in [2.24, 2.45) is 11.5 Å². The molecule has 0 fully saturated rings. The Hall–Kier alpha value is -3.64. The predicted molar refractivity (Wildman–Crippen MR) is 190 cm³/mol. The molecular formula is C34H50Cl2N6O5. The van der Waals surface area contributed by atoms with Crippen LogP contribution in [0.15, 0.2) is 29.1 Å². The van der Waals surface area contributed by atoms with E-state index in [0.717, 1.165) is 51.2 Å². The molecule has 0 aliphatic heterocycles. The van der Waals surface area contributed by atoms with Gasteiger partial charge in [0.05, 0.1) is 17.8 Å². The van der Waals surface area contributed by atoms with Gasteiger partial charge in [0.25, 0.3) is 5.56 Å². The highest BCUT2D eigenvalue weighted by Gasteiger charge is 2.18. The van der Waals surface area contributed by atoms with Gasteiger partial charge < -0.3 is 37.3 Å². The molecular weight excluding hydrogens is 643 g/mol. The number of nitrogens with two attached hydrogens (primary N) is 2. The summed E-state index contributed by atoms with van der Waals surface area (Å²) >= 11 is 0. The summed E-state index contributed by atoms with van der Waals surface area (Å²) in [5.74, 6) is -0.104. The molecule has 2 aromatic carbocycles. The summed E-state index contributed by atoms with van der Waals surface area (Å²) in [7, 11) is 0. The van der Waals surface area contributed by atoms with E-state index in [9.17, 15) is 24.6 Å². The fourth-order valence-corrected chi connectivity index (χ4v) is 5.61. The van der Waals surface area contributed by atoms with E-state index in [1.54, 1.807) is 24.3 Å². The number of halogens is 2. The van der Waals surface area contributed by atoms with Gasteiger partial charge in [0.15, 0.2) is 0 Å².